The van der Waals surface area contributed by atoms with Crippen molar-refractivity contribution in [3.8, 4) is 0 Å². The Balaban J connectivity index is 3.52. The van der Waals surface area contributed by atoms with Gasteiger partial charge in [0, 0.05) is 7.05 Å². The first-order valence-electron chi connectivity index (χ1n) is 19.2. The highest BCUT2D eigenvalue weighted by atomic mass is 16.5. The van der Waals surface area contributed by atoms with Gasteiger partial charge in [0.1, 0.15) is 36.8 Å². The summed E-state index contributed by atoms with van der Waals surface area (Å²) in [4.78, 5) is 82.5. The van der Waals surface area contributed by atoms with Crippen molar-refractivity contribution < 1.29 is 48.5 Å². The molecule has 0 aromatic rings. The highest BCUT2D eigenvalue weighted by molar-refractivity contribution is 5.96. The van der Waals surface area contributed by atoms with E-state index in [9.17, 15) is 33.9 Å². The number of carbonyl (C=O) groups is 6. The van der Waals surface area contributed by atoms with E-state index in [2.05, 4.69) is 28.2 Å². The summed E-state index contributed by atoms with van der Waals surface area (Å²) in [6, 6.07) is -4.97. The number of nitrogens with zero attached hydrogens (tertiary/aromatic N) is 1. The van der Waals surface area contributed by atoms with Gasteiger partial charge < -0.3 is 45.9 Å². The van der Waals surface area contributed by atoms with Gasteiger partial charge >= 0.3 is 5.97 Å². The van der Waals surface area contributed by atoms with Crippen LogP contribution in [0.25, 0.3) is 0 Å². The predicted octanol–water partition coefficient (Wildman–Crippen LogP) is 1.57. The molecule has 1 heterocycles. The second-order valence-electron chi connectivity index (χ2n) is 14.4. The molecule has 0 aromatic carbocycles. The molecule has 0 aliphatic carbocycles. The molecule has 1 aliphatic heterocycles. The molecule has 52 heavy (non-hydrogen) atoms. The van der Waals surface area contributed by atoms with Crippen LogP contribution < -0.4 is 21.3 Å². The minimum atomic E-state index is -1.51. The van der Waals surface area contributed by atoms with Gasteiger partial charge in [-0.3, -0.25) is 28.8 Å². The number of unbranched alkanes of at least 4 members (excludes halogenated alkanes) is 7. The first-order chi connectivity index (χ1) is 24.7. The van der Waals surface area contributed by atoms with E-state index in [1.165, 1.54) is 24.8 Å². The average molecular weight is 742 g/mol. The fraction of sp³-hybridized carbons (Fsp3) is 0.838. The molecule has 6 N–H and O–H groups in total. The molecule has 0 bridgehead atoms. The van der Waals surface area contributed by atoms with Gasteiger partial charge in [0.15, 0.2) is 0 Å². The van der Waals surface area contributed by atoms with Gasteiger partial charge in [-0.15, -0.1) is 0 Å². The first-order valence-corrected chi connectivity index (χ1v) is 19.2. The van der Waals surface area contributed by atoms with Crippen LogP contribution in [0.15, 0.2) is 0 Å². The lowest BCUT2D eigenvalue weighted by Crippen LogP contribution is -2.61. The third kappa shape index (κ3) is 16.6. The van der Waals surface area contributed by atoms with Gasteiger partial charge in [0.2, 0.25) is 29.5 Å². The first kappa shape index (κ1) is 46.7. The molecule has 0 saturated carbocycles. The Morgan fingerprint density at radius 2 is 1.44 bits per heavy atom. The third-order valence-electron chi connectivity index (χ3n) is 9.55. The minimum Gasteiger partial charge on any atom is -0.460 e. The molecule has 0 radical (unpaired) electrons. The van der Waals surface area contributed by atoms with Crippen LogP contribution in [0, 0.1) is 17.8 Å². The second kappa shape index (κ2) is 25.6. The largest absolute Gasteiger partial charge is 0.460 e. The monoisotopic (exact) mass is 741 g/mol. The lowest BCUT2D eigenvalue weighted by molar-refractivity contribution is -0.157. The molecule has 1 fully saturated rings. The van der Waals surface area contributed by atoms with Gasteiger partial charge in [0.25, 0.3) is 0 Å². The summed E-state index contributed by atoms with van der Waals surface area (Å²) < 4.78 is 11.1. The lowest BCUT2D eigenvalue weighted by atomic mass is 9.94. The molecule has 15 heteroatoms. The number of cyclic esters (lactones) is 1. The minimum absolute atomic E-state index is 0.00915. The van der Waals surface area contributed by atoms with E-state index in [-0.39, 0.29) is 32.2 Å². The van der Waals surface area contributed by atoms with E-state index in [4.69, 9.17) is 14.6 Å². The van der Waals surface area contributed by atoms with Crippen molar-refractivity contribution in [2.24, 2.45) is 17.8 Å². The summed E-state index contributed by atoms with van der Waals surface area (Å²) in [5.41, 5.74) is 0. The number of amides is 5. The number of likely N-dealkylation sites (N-methyl/N-ethyl adjacent to an activating group) is 1. The Labute approximate surface area is 310 Å². The van der Waals surface area contributed by atoms with Crippen LogP contribution in [0.3, 0.4) is 0 Å². The fourth-order valence-corrected chi connectivity index (χ4v) is 6.03. The van der Waals surface area contributed by atoms with Crippen LogP contribution in [0.5, 0.6) is 0 Å². The van der Waals surface area contributed by atoms with Crippen LogP contribution in [0.4, 0.5) is 0 Å². The van der Waals surface area contributed by atoms with Crippen molar-refractivity contribution in [3.63, 3.8) is 0 Å². The Morgan fingerprint density at radius 1 is 0.827 bits per heavy atom. The van der Waals surface area contributed by atoms with Crippen molar-refractivity contribution in [2.45, 2.75) is 142 Å². The molecular formula is C37H67N5O10. The molecule has 0 unspecified atom stereocenters. The fourth-order valence-electron chi connectivity index (χ4n) is 6.03. The Kier molecular flexibility index (Phi) is 23.0. The topological polar surface area (TPSA) is 213 Å². The molecule has 1 aliphatic rings. The number of hydrogen-bond donors (Lipinski definition) is 6. The number of nitrogens with one attached hydrogen (secondary N) is 4. The summed E-state index contributed by atoms with van der Waals surface area (Å²) in [7, 11) is 1.52. The third-order valence-corrected chi connectivity index (χ3v) is 9.55. The van der Waals surface area contributed by atoms with Crippen LogP contribution in [-0.2, 0) is 38.2 Å². The van der Waals surface area contributed by atoms with Gasteiger partial charge in [-0.05, 0) is 31.1 Å². The second-order valence-corrected chi connectivity index (χ2v) is 14.4. The predicted molar refractivity (Wildman–Crippen MR) is 196 cm³/mol. The number of aliphatic hydroxyl groups is 2. The molecule has 0 spiro atoms. The number of esters is 1. The smallest absolute Gasteiger partial charge is 0.325 e. The molecule has 1 saturated heterocycles. The standard InChI is InChI=1S/C37H67N5O10/c1-8-10-11-12-13-14-15-16-17-30-26(6)37(50)42(7)29(20-24(3)4)35(48)41-32(25(5)9-2)36(49)39-27(22-44)34(47)40-28(23-51-19-18-43)33(46)38-21-31(45)52-30/h24-30,32,43-44H,8-23H2,1-7H3,(H,38,46)(H,39,49)(H,40,47)(H,41,48)/t25-,26+,27-,28-,29-,30+,32-/m0/s1. The molecule has 7 atom stereocenters. The number of ether oxygens (including phenoxy) is 2. The molecule has 15 nitrogen and oxygen atoms in total. The molecule has 5 amide bonds. The van der Waals surface area contributed by atoms with Crippen molar-refractivity contribution in [1.29, 1.82) is 0 Å². The van der Waals surface area contributed by atoms with E-state index in [1.807, 2.05) is 20.8 Å². The van der Waals surface area contributed by atoms with E-state index in [0.29, 0.717) is 19.3 Å². The van der Waals surface area contributed by atoms with Gasteiger partial charge in [-0.2, -0.15) is 0 Å². The Hall–Kier alpha value is -3.30. The number of aliphatic hydroxyl groups excluding tert-OH is 2. The molecule has 1 rings (SSSR count). The average Bonchev–Trinajstić information content (AvgIpc) is 3.12. The molecular weight excluding hydrogens is 674 g/mol. The van der Waals surface area contributed by atoms with Crippen LogP contribution >= 0.6 is 0 Å². The maximum absolute atomic E-state index is 14.0. The number of hydrogen-bond acceptors (Lipinski definition) is 10. The SMILES string of the molecule is CCCCCCCCCC[C@H]1OC(=O)CNC(=O)[C@H](COCCO)NC(=O)[C@H](CO)NC(=O)[C@H]([C@@H](C)CC)NC(=O)[C@H](CC(C)C)N(C)C(=O)[C@@H]1C. The van der Waals surface area contributed by atoms with E-state index in [0.717, 1.165) is 32.1 Å². The Morgan fingerprint density at radius 3 is 2.02 bits per heavy atom. The summed E-state index contributed by atoms with van der Waals surface area (Å²) in [5.74, 6) is -5.49. The summed E-state index contributed by atoms with van der Waals surface area (Å²) in [6.07, 6.45) is 8.69. The van der Waals surface area contributed by atoms with Crippen molar-refractivity contribution in [1.82, 2.24) is 26.2 Å². The van der Waals surface area contributed by atoms with Crippen LogP contribution in [-0.4, -0.2) is 121 Å². The van der Waals surface area contributed by atoms with Crippen molar-refractivity contribution in [2.75, 3.05) is 40.0 Å². The molecule has 0 aromatic heterocycles. The number of rotatable bonds is 18. The van der Waals surface area contributed by atoms with Crippen LogP contribution in [0.2, 0.25) is 0 Å². The number of carbonyl (C=O) groups excluding carboxylic acids is 6. The highest BCUT2D eigenvalue weighted by Gasteiger charge is 2.38. The molecule has 300 valence electrons. The maximum atomic E-state index is 14.0. The van der Waals surface area contributed by atoms with Gasteiger partial charge in [0.05, 0.1) is 32.3 Å². The van der Waals surface area contributed by atoms with Gasteiger partial charge in [-0.1, -0.05) is 92.9 Å². The highest BCUT2D eigenvalue weighted by Crippen LogP contribution is 2.22. The van der Waals surface area contributed by atoms with E-state index >= 15 is 0 Å². The quantitative estimate of drug-likeness (QED) is 0.0882. The summed E-state index contributed by atoms with van der Waals surface area (Å²) in [5, 5.41) is 29.3. The zero-order valence-corrected chi connectivity index (χ0v) is 32.5. The van der Waals surface area contributed by atoms with E-state index in [1.54, 1.807) is 13.8 Å². The summed E-state index contributed by atoms with van der Waals surface area (Å²) in [6.45, 7) is 8.95. The van der Waals surface area contributed by atoms with Crippen molar-refractivity contribution >= 4 is 35.5 Å². The maximum Gasteiger partial charge on any atom is 0.325 e. The Bertz CT molecular complexity index is 1120. The van der Waals surface area contributed by atoms with E-state index < -0.39 is 90.8 Å². The zero-order chi connectivity index (χ0) is 39.2. The normalized spacial score (nSPS) is 25.3. The zero-order valence-electron chi connectivity index (χ0n) is 32.5. The summed E-state index contributed by atoms with van der Waals surface area (Å²) >= 11 is 0. The van der Waals surface area contributed by atoms with Crippen molar-refractivity contribution in [3.05, 3.63) is 0 Å². The van der Waals surface area contributed by atoms with Crippen LogP contribution in [0.1, 0.15) is 112 Å². The lowest BCUT2D eigenvalue weighted by Gasteiger charge is -2.34. The van der Waals surface area contributed by atoms with Gasteiger partial charge in [-0.25, -0.2) is 0 Å².